The fourth-order valence-corrected chi connectivity index (χ4v) is 3.66. The third-order valence-corrected chi connectivity index (χ3v) is 6.08. The Morgan fingerprint density at radius 2 is 1.08 bits per heavy atom. The summed E-state index contributed by atoms with van der Waals surface area (Å²) in [5.41, 5.74) is 10.4. The molecule has 0 nitrogen and oxygen atoms in total. The Morgan fingerprint density at radius 3 is 1.36 bits per heavy atom. The summed E-state index contributed by atoms with van der Waals surface area (Å²) in [6.45, 7) is 20.7. The molecule has 1 aliphatic rings. The number of rotatable bonds is 3. The molecule has 0 heterocycles. The molecule has 0 aliphatic heterocycles. The van der Waals surface area contributed by atoms with E-state index in [0.717, 1.165) is 0 Å². The van der Waals surface area contributed by atoms with Gasteiger partial charge in [-0.05, 0) is 74.3 Å². The Hall–Kier alpha value is -0.00571. The molecule has 0 atom stereocenters. The van der Waals surface area contributed by atoms with Crippen molar-refractivity contribution in [3.63, 3.8) is 0 Å². The summed E-state index contributed by atoms with van der Waals surface area (Å²) >= 11 is -0.556. The Balaban J connectivity index is 0.000000970. The Kier molecular flexibility index (Phi) is 8.54. The Morgan fingerprint density at radius 1 is 0.760 bits per heavy atom. The number of hydrogen-bond donors (Lipinski definition) is 0. The number of allylic oxidation sites excluding steroid dienone is 4. The van der Waals surface area contributed by atoms with Gasteiger partial charge in [0.15, 0.2) is 0 Å². The zero-order valence-corrected chi connectivity index (χ0v) is 20.2. The third kappa shape index (κ3) is 4.64. The van der Waals surface area contributed by atoms with E-state index in [1.807, 2.05) is 0 Å². The van der Waals surface area contributed by atoms with Gasteiger partial charge in [-0.1, -0.05) is 57.0 Å². The van der Waals surface area contributed by atoms with E-state index in [1.165, 1.54) is 39.0 Å². The van der Waals surface area contributed by atoms with E-state index in [1.54, 1.807) is 0 Å². The van der Waals surface area contributed by atoms with Crippen LogP contribution in [0.25, 0.3) is 0 Å². The number of hydrogen-bond acceptors (Lipinski definition) is 0. The summed E-state index contributed by atoms with van der Waals surface area (Å²) in [4.78, 5) is 0. The van der Waals surface area contributed by atoms with Gasteiger partial charge >= 0.3 is 35.6 Å². The van der Waals surface area contributed by atoms with Gasteiger partial charge in [-0.2, -0.15) is 0 Å². The molecule has 0 amide bonds. The van der Waals surface area contributed by atoms with Crippen molar-refractivity contribution in [2.45, 2.75) is 79.6 Å². The van der Waals surface area contributed by atoms with Gasteiger partial charge in [0.1, 0.15) is 0 Å². The van der Waals surface area contributed by atoms with Crippen LogP contribution in [0.4, 0.5) is 0 Å². The standard InChI is InChI=1S/C22H32.2ClH.Ti/c1-13(2)19-10-20(14(3)4)12-21(11-19)22(9)17(7)15(5)16(6)18(22)8;;;/h10-14H,1-9H3;2*1H;/q;;;+2/p-2. The van der Waals surface area contributed by atoms with Crippen molar-refractivity contribution in [1.82, 2.24) is 0 Å². The predicted molar refractivity (Wildman–Crippen MR) is 110 cm³/mol. The molecule has 0 unspecified atom stereocenters. The second-order valence-corrected chi connectivity index (χ2v) is 10.5. The van der Waals surface area contributed by atoms with Gasteiger partial charge in [0.05, 0.1) is 0 Å². The predicted octanol–water partition coefficient (Wildman–Crippen LogP) is 8.25. The molecule has 1 aromatic carbocycles. The van der Waals surface area contributed by atoms with Crippen LogP contribution in [0.15, 0.2) is 40.5 Å². The van der Waals surface area contributed by atoms with Crippen molar-refractivity contribution in [2.24, 2.45) is 0 Å². The van der Waals surface area contributed by atoms with E-state index in [4.69, 9.17) is 18.6 Å². The molecule has 1 aromatic rings. The SMILES string of the molecule is CC1=C(C)C(C)(c2cc(C(C)C)cc(C(C)C)c2)C(C)=C1C.[Cl][Ti][Cl]. The van der Waals surface area contributed by atoms with Gasteiger partial charge in [0, 0.05) is 5.41 Å². The minimum atomic E-state index is -0.556. The third-order valence-electron chi connectivity index (χ3n) is 6.08. The quantitative estimate of drug-likeness (QED) is 0.436. The van der Waals surface area contributed by atoms with Crippen LogP contribution in [-0.4, -0.2) is 0 Å². The molecule has 3 heteroatoms. The summed E-state index contributed by atoms with van der Waals surface area (Å²) in [6, 6.07) is 7.28. The molecule has 0 saturated heterocycles. The maximum atomic E-state index is 4.89. The first kappa shape index (κ1) is 23.0. The molecule has 1 aliphatic carbocycles. The topological polar surface area (TPSA) is 0 Å². The van der Waals surface area contributed by atoms with E-state index in [0.29, 0.717) is 11.8 Å². The summed E-state index contributed by atoms with van der Waals surface area (Å²) in [6.07, 6.45) is 0. The maximum absolute atomic E-state index is 4.89. The zero-order valence-electron chi connectivity index (χ0n) is 17.1. The first-order valence-electron chi connectivity index (χ1n) is 9.00. The fraction of sp³-hybridized carbons (Fsp3) is 0.545. The van der Waals surface area contributed by atoms with Gasteiger partial charge in [0.2, 0.25) is 0 Å². The second-order valence-electron chi connectivity index (χ2n) is 7.89. The van der Waals surface area contributed by atoms with Crippen LogP contribution < -0.4 is 0 Å². The average molecular weight is 415 g/mol. The van der Waals surface area contributed by atoms with Crippen LogP contribution in [-0.2, 0) is 22.4 Å². The zero-order chi connectivity index (χ0) is 19.5. The summed E-state index contributed by atoms with van der Waals surface area (Å²) < 4.78 is 0. The fourth-order valence-electron chi connectivity index (χ4n) is 3.66. The summed E-state index contributed by atoms with van der Waals surface area (Å²) in [5.74, 6) is 1.14. The van der Waals surface area contributed by atoms with E-state index in [2.05, 4.69) is 80.5 Å². The molecule has 0 saturated carbocycles. The molecule has 0 N–H and O–H groups in total. The van der Waals surface area contributed by atoms with E-state index in [9.17, 15) is 0 Å². The molecular weight excluding hydrogens is 383 g/mol. The van der Waals surface area contributed by atoms with Gasteiger partial charge < -0.3 is 0 Å². The van der Waals surface area contributed by atoms with Gasteiger partial charge in [0.25, 0.3) is 0 Å². The van der Waals surface area contributed by atoms with Crippen LogP contribution in [0.2, 0.25) is 0 Å². The summed E-state index contributed by atoms with van der Waals surface area (Å²) in [7, 11) is 9.78. The molecule has 0 aromatic heterocycles. The second kappa shape index (κ2) is 9.27. The summed E-state index contributed by atoms with van der Waals surface area (Å²) in [5, 5.41) is 0. The molecule has 0 radical (unpaired) electrons. The van der Waals surface area contributed by atoms with E-state index < -0.39 is 17.0 Å². The molecular formula is C22H32Cl2Ti. The monoisotopic (exact) mass is 414 g/mol. The van der Waals surface area contributed by atoms with Gasteiger partial charge in [-0.25, -0.2) is 0 Å². The van der Waals surface area contributed by atoms with Crippen LogP contribution >= 0.6 is 18.6 Å². The van der Waals surface area contributed by atoms with Crippen LogP contribution in [0, 0.1) is 0 Å². The normalized spacial score (nSPS) is 16.5. The van der Waals surface area contributed by atoms with E-state index >= 15 is 0 Å². The van der Waals surface area contributed by atoms with Crippen molar-refractivity contribution in [2.75, 3.05) is 0 Å². The van der Waals surface area contributed by atoms with Crippen LogP contribution in [0.1, 0.15) is 90.8 Å². The molecule has 2 rings (SSSR count). The number of halogens is 2. The van der Waals surface area contributed by atoms with Crippen LogP contribution in [0.3, 0.4) is 0 Å². The van der Waals surface area contributed by atoms with Crippen LogP contribution in [0.5, 0.6) is 0 Å². The first-order valence-corrected chi connectivity index (χ1v) is 13.3. The molecule has 25 heavy (non-hydrogen) atoms. The van der Waals surface area contributed by atoms with Crippen molar-refractivity contribution in [1.29, 1.82) is 0 Å². The van der Waals surface area contributed by atoms with Crippen molar-refractivity contribution in [3.8, 4) is 0 Å². The van der Waals surface area contributed by atoms with Gasteiger partial charge in [-0.15, -0.1) is 0 Å². The molecule has 0 spiro atoms. The molecule has 0 fully saturated rings. The molecule has 138 valence electrons. The van der Waals surface area contributed by atoms with E-state index in [-0.39, 0.29) is 5.41 Å². The van der Waals surface area contributed by atoms with Crippen molar-refractivity contribution >= 4 is 18.6 Å². The van der Waals surface area contributed by atoms with Gasteiger partial charge in [-0.3, -0.25) is 0 Å². The average Bonchev–Trinajstić information content (AvgIpc) is 2.71. The van der Waals surface area contributed by atoms with Crippen molar-refractivity contribution < 1.29 is 17.0 Å². The van der Waals surface area contributed by atoms with Crippen molar-refractivity contribution in [3.05, 3.63) is 57.2 Å². The molecule has 0 bridgehead atoms. The Bertz CT molecular complexity index is 631. The minimum absolute atomic E-state index is 0.0582. The Labute approximate surface area is 171 Å². The number of benzene rings is 1. The first-order chi connectivity index (χ1) is 11.5.